The molecule has 0 aliphatic carbocycles. The van der Waals surface area contributed by atoms with Crippen LogP contribution in [-0.4, -0.2) is 17.9 Å². The molecule has 0 spiro atoms. The predicted molar refractivity (Wildman–Crippen MR) is 71.6 cm³/mol. The molecule has 90 valence electrons. The summed E-state index contributed by atoms with van der Waals surface area (Å²) in [6.45, 7) is 2.07. The summed E-state index contributed by atoms with van der Waals surface area (Å²) in [5.74, 6) is 0.108. The van der Waals surface area contributed by atoms with E-state index in [9.17, 15) is 4.79 Å². The van der Waals surface area contributed by atoms with Crippen LogP contribution < -0.4 is 0 Å². The van der Waals surface area contributed by atoms with Gasteiger partial charge in [-0.25, -0.2) is 0 Å². The van der Waals surface area contributed by atoms with Crippen LogP contribution in [0.15, 0.2) is 48.5 Å². The van der Waals surface area contributed by atoms with Crippen molar-refractivity contribution in [1.82, 2.24) is 4.90 Å². The molecule has 2 heteroatoms. The minimum Gasteiger partial charge on any atom is -0.331 e. The number of aryl methyl sites for hydroxylation is 1. The van der Waals surface area contributed by atoms with E-state index in [1.807, 2.05) is 36.2 Å². The third-order valence-corrected chi connectivity index (χ3v) is 3.59. The molecule has 0 N–H and O–H groups in total. The minimum atomic E-state index is 0.0503. The van der Waals surface area contributed by atoms with Crippen LogP contribution in [0.25, 0.3) is 0 Å². The van der Waals surface area contributed by atoms with Crippen LogP contribution in [0.1, 0.15) is 33.1 Å². The van der Waals surface area contributed by atoms with E-state index in [0.717, 1.165) is 11.1 Å². The van der Waals surface area contributed by atoms with Gasteiger partial charge in [0.2, 0.25) is 0 Å². The van der Waals surface area contributed by atoms with Gasteiger partial charge in [-0.2, -0.15) is 0 Å². The Hall–Kier alpha value is -2.09. The SMILES string of the molecule is Cc1ccc(C2c3ccccc3C(=O)N2C)cc1. The van der Waals surface area contributed by atoms with E-state index in [0.29, 0.717) is 0 Å². The summed E-state index contributed by atoms with van der Waals surface area (Å²) < 4.78 is 0. The van der Waals surface area contributed by atoms with Gasteiger partial charge in [0.1, 0.15) is 0 Å². The molecule has 0 saturated carbocycles. The van der Waals surface area contributed by atoms with Crippen molar-refractivity contribution in [1.29, 1.82) is 0 Å². The summed E-state index contributed by atoms with van der Waals surface area (Å²) in [4.78, 5) is 14.0. The molecule has 1 unspecified atom stereocenters. The van der Waals surface area contributed by atoms with Gasteiger partial charge in [-0.05, 0) is 24.1 Å². The number of fused-ring (bicyclic) bond motifs is 1. The van der Waals surface area contributed by atoms with Crippen molar-refractivity contribution in [3.63, 3.8) is 0 Å². The van der Waals surface area contributed by atoms with Gasteiger partial charge in [0, 0.05) is 12.6 Å². The summed E-state index contributed by atoms with van der Waals surface area (Å²) in [5, 5.41) is 0. The Morgan fingerprint density at radius 3 is 2.39 bits per heavy atom. The summed E-state index contributed by atoms with van der Waals surface area (Å²) >= 11 is 0. The Labute approximate surface area is 107 Å². The van der Waals surface area contributed by atoms with E-state index < -0.39 is 0 Å². The van der Waals surface area contributed by atoms with Gasteiger partial charge in [0.15, 0.2) is 0 Å². The molecule has 0 bridgehead atoms. The molecule has 0 saturated heterocycles. The zero-order valence-corrected chi connectivity index (χ0v) is 10.6. The second-order valence-electron chi connectivity index (χ2n) is 4.82. The fourth-order valence-corrected chi connectivity index (χ4v) is 2.60. The third kappa shape index (κ3) is 1.53. The van der Waals surface area contributed by atoms with Crippen LogP contribution in [0.4, 0.5) is 0 Å². The number of nitrogens with zero attached hydrogens (tertiary/aromatic N) is 1. The minimum absolute atomic E-state index is 0.0503. The quantitative estimate of drug-likeness (QED) is 0.746. The highest BCUT2D eigenvalue weighted by atomic mass is 16.2. The average molecular weight is 237 g/mol. The van der Waals surface area contributed by atoms with Crippen LogP contribution in [0.2, 0.25) is 0 Å². The summed E-state index contributed by atoms with van der Waals surface area (Å²) in [7, 11) is 1.87. The number of carbonyl (C=O) groups excluding carboxylic acids is 1. The summed E-state index contributed by atoms with van der Waals surface area (Å²) in [6, 6.07) is 16.3. The van der Waals surface area contributed by atoms with Crippen LogP contribution >= 0.6 is 0 Å². The fourth-order valence-electron chi connectivity index (χ4n) is 2.60. The fraction of sp³-hybridized carbons (Fsp3) is 0.188. The van der Waals surface area contributed by atoms with Crippen molar-refractivity contribution in [2.45, 2.75) is 13.0 Å². The molecule has 2 nitrogen and oxygen atoms in total. The maximum atomic E-state index is 12.2. The topological polar surface area (TPSA) is 20.3 Å². The maximum absolute atomic E-state index is 12.2. The van der Waals surface area contributed by atoms with Gasteiger partial charge in [-0.1, -0.05) is 48.0 Å². The lowest BCUT2D eigenvalue weighted by Gasteiger charge is -2.21. The number of rotatable bonds is 1. The molecule has 0 fully saturated rings. The van der Waals surface area contributed by atoms with E-state index in [2.05, 4.69) is 31.2 Å². The molecule has 3 rings (SSSR count). The van der Waals surface area contributed by atoms with Crippen LogP contribution in [-0.2, 0) is 0 Å². The first kappa shape index (κ1) is 11.0. The number of hydrogen-bond donors (Lipinski definition) is 0. The van der Waals surface area contributed by atoms with Crippen LogP contribution in [0, 0.1) is 6.92 Å². The number of carbonyl (C=O) groups is 1. The lowest BCUT2D eigenvalue weighted by Crippen LogP contribution is -2.23. The van der Waals surface area contributed by atoms with Crippen molar-refractivity contribution in [3.8, 4) is 0 Å². The van der Waals surface area contributed by atoms with Crippen molar-refractivity contribution in [2.75, 3.05) is 7.05 Å². The van der Waals surface area contributed by atoms with Gasteiger partial charge in [-0.3, -0.25) is 4.79 Å². The average Bonchev–Trinajstić information content (AvgIpc) is 2.64. The molecule has 2 aromatic rings. The Morgan fingerprint density at radius 2 is 1.67 bits per heavy atom. The van der Waals surface area contributed by atoms with E-state index in [1.54, 1.807) is 0 Å². The van der Waals surface area contributed by atoms with E-state index in [4.69, 9.17) is 0 Å². The molecule has 2 aromatic carbocycles. The van der Waals surface area contributed by atoms with E-state index >= 15 is 0 Å². The number of amides is 1. The van der Waals surface area contributed by atoms with Crippen LogP contribution in [0.5, 0.6) is 0 Å². The Balaban J connectivity index is 2.13. The van der Waals surface area contributed by atoms with Gasteiger partial charge in [0.05, 0.1) is 6.04 Å². The van der Waals surface area contributed by atoms with Gasteiger partial charge < -0.3 is 4.90 Å². The summed E-state index contributed by atoms with van der Waals surface area (Å²) in [6.07, 6.45) is 0. The van der Waals surface area contributed by atoms with Gasteiger partial charge >= 0.3 is 0 Å². The lowest BCUT2D eigenvalue weighted by atomic mass is 9.97. The molecule has 1 atom stereocenters. The highest BCUT2D eigenvalue weighted by Gasteiger charge is 2.34. The second kappa shape index (κ2) is 3.98. The highest BCUT2D eigenvalue weighted by Crippen LogP contribution is 2.36. The van der Waals surface area contributed by atoms with Crippen molar-refractivity contribution >= 4 is 5.91 Å². The lowest BCUT2D eigenvalue weighted by molar-refractivity contribution is 0.0793. The molecule has 0 radical (unpaired) electrons. The molecule has 1 aliphatic rings. The number of hydrogen-bond acceptors (Lipinski definition) is 1. The highest BCUT2D eigenvalue weighted by molar-refractivity contribution is 5.99. The summed E-state index contributed by atoms with van der Waals surface area (Å²) in [5.41, 5.74) is 4.33. The zero-order chi connectivity index (χ0) is 12.7. The normalized spacial score (nSPS) is 18.0. The largest absolute Gasteiger partial charge is 0.331 e. The Morgan fingerprint density at radius 1 is 1.00 bits per heavy atom. The van der Waals surface area contributed by atoms with Gasteiger partial charge in [-0.15, -0.1) is 0 Å². The first-order chi connectivity index (χ1) is 8.68. The van der Waals surface area contributed by atoms with E-state index in [-0.39, 0.29) is 11.9 Å². The monoisotopic (exact) mass is 237 g/mol. The predicted octanol–water partition coefficient (Wildman–Crippen LogP) is 3.17. The molecule has 1 aliphatic heterocycles. The molecule has 0 aromatic heterocycles. The smallest absolute Gasteiger partial charge is 0.254 e. The van der Waals surface area contributed by atoms with Crippen molar-refractivity contribution in [3.05, 3.63) is 70.8 Å². The third-order valence-electron chi connectivity index (χ3n) is 3.59. The number of benzene rings is 2. The Kier molecular flexibility index (Phi) is 2.44. The van der Waals surface area contributed by atoms with Crippen molar-refractivity contribution in [2.24, 2.45) is 0 Å². The second-order valence-corrected chi connectivity index (χ2v) is 4.82. The molecular formula is C16H15NO. The standard InChI is InChI=1S/C16H15NO/c1-11-7-9-12(10-8-11)15-13-5-3-4-6-14(13)16(18)17(15)2/h3-10,15H,1-2H3. The van der Waals surface area contributed by atoms with Crippen LogP contribution in [0.3, 0.4) is 0 Å². The maximum Gasteiger partial charge on any atom is 0.254 e. The zero-order valence-electron chi connectivity index (χ0n) is 10.6. The Bertz CT molecular complexity index is 601. The van der Waals surface area contributed by atoms with E-state index in [1.165, 1.54) is 11.1 Å². The molecular weight excluding hydrogens is 222 g/mol. The molecule has 18 heavy (non-hydrogen) atoms. The molecule has 1 amide bonds. The van der Waals surface area contributed by atoms with Gasteiger partial charge in [0.25, 0.3) is 5.91 Å². The molecule has 1 heterocycles. The first-order valence-corrected chi connectivity index (χ1v) is 6.11. The van der Waals surface area contributed by atoms with Crippen molar-refractivity contribution < 1.29 is 4.79 Å². The first-order valence-electron chi connectivity index (χ1n) is 6.11.